The molecule has 0 aliphatic heterocycles. The van der Waals surface area contributed by atoms with E-state index in [1.54, 1.807) is 0 Å². The van der Waals surface area contributed by atoms with Crippen LogP contribution in [0.15, 0.2) is 18.3 Å². The van der Waals surface area contributed by atoms with Crippen LogP contribution in [0.4, 0.5) is 5.82 Å². The van der Waals surface area contributed by atoms with Gasteiger partial charge in [0.2, 0.25) is 0 Å². The number of hydrogen-bond donors (Lipinski definition) is 1. The quantitative estimate of drug-likeness (QED) is 0.731. The van der Waals surface area contributed by atoms with Crippen LogP contribution in [0.2, 0.25) is 0 Å². The highest BCUT2D eigenvalue weighted by molar-refractivity contribution is 5.39. The minimum Gasteiger partial charge on any atom is -0.363 e. The van der Waals surface area contributed by atoms with Crippen molar-refractivity contribution in [2.45, 2.75) is 18.4 Å². The smallest absolute Gasteiger partial charge is 0.127 e. The first-order valence-corrected chi connectivity index (χ1v) is 4.57. The molecule has 13 heavy (non-hydrogen) atoms. The van der Waals surface area contributed by atoms with Gasteiger partial charge in [-0.25, -0.2) is 4.98 Å². The van der Waals surface area contributed by atoms with Gasteiger partial charge < -0.3 is 10.6 Å². The molecule has 3 nitrogen and oxygen atoms in total. The van der Waals surface area contributed by atoms with Crippen LogP contribution in [0.5, 0.6) is 0 Å². The second-order valence-corrected chi connectivity index (χ2v) is 3.85. The third kappa shape index (κ3) is 1.65. The van der Waals surface area contributed by atoms with Gasteiger partial charge in [0.15, 0.2) is 0 Å². The molecule has 1 aliphatic carbocycles. The predicted molar refractivity (Wildman–Crippen MR) is 53.9 cm³/mol. The van der Waals surface area contributed by atoms with Gasteiger partial charge in [0.1, 0.15) is 5.82 Å². The van der Waals surface area contributed by atoms with E-state index in [2.05, 4.69) is 11.1 Å². The van der Waals surface area contributed by atoms with Crippen molar-refractivity contribution in [3.8, 4) is 0 Å². The van der Waals surface area contributed by atoms with Gasteiger partial charge in [-0.15, -0.1) is 0 Å². The molecule has 1 saturated carbocycles. The lowest BCUT2D eigenvalue weighted by molar-refractivity contribution is 0.972. The van der Waals surface area contributed by atoms with Crippen molar-refractivity contribution in [1.82, 2.24) is 4.98 Å². The first-order chi connectivity index (χ1) is 6.18. The van der Waals surface area contributed by atoms with Crippen molar-refractivity contribution in [3.05, 3.63) is 23.9 Å². The molecule has 1 aliphatic rings. The zero-order valence-electron chi connectivity index (χ0n) is 8.07. The van der Waals surface area contributed by atoms with E-state index >= 15 is 0 Å². The average Bonchev–Trinajstić information content (AvgIpc) is 2.83. The minimum atomic E-state index is 0.368. The molecule has 3 heteroatoms. The molecule has 1 aromatic heterocycles. The second-order valence-electron chi connectivity index (χ2n) is 3.85. The summed E-state index contributed by atoms with van der Waals surface area (Å²) in [5.74, 6) is 1.56. The summed E-state index contributed by atoms with van der Waals surface area (Å²) in [6, 6.07) is 4.53. The van der Waals surface area contributed by atoms with E-state index in [1.807, 2.05) is 31.3 Å². The predicted octanol–water partition coefficient (Wildman–Crippen LogP) is 0.962. The summed E-state index contributed by atoms with van der Waals surface area (Å²) in [6.45, 7) is 0. The molecule has 70 valence electrons. The molecular formula is C10H15N3. The van der Waals surface area contributed by atoms with E-state index in [-0.39, 0.29) is 0 Å². The maximum atomic E-state index is 5.76. The van der Waals surface area contributed by atoms with E-state index in [0.29, 0.717) is 12.0 Å². The van der Waals surface area contributed by atoms with Crippen molar-refractivity contribution in [2.24, 2.45) is 5.73 Å². The second kappa shape index (κ2) is 3.00. The van der Waals surface area contributed by atoms with E-state index in [4.69, 9.17) is 5.73 Å². The fraction of sp³-hybridized carbons (Fsp3) is 0.500. The van der Waals surface area contributed by atoms with Crippen molar-refractivity contribution >= 4 is 5.82 Å². The Hall–Kier alpha value is -1.09. The summed E-state index contributed by atoms with van der Waals surface area (Å²) >= 11 is 0. The van der Waals surface area contributed by atoms with E-state index < -0.39 is 0 Å². The Kier molecular flexibility index (Phi) is 1.96. The highest BCUT2D eigenvalue weighted by Crippen LogP contribution is 2.38. The van der Waals surface area contributed by atoms with Gasteiger partial charge in [0, 0.05) is 32.3 Å². The number of rotatable bonds is 2. The Bertz CT molecular complexity index is 292. The largest absolute Gasteiger partial charge is 0.363 e. The van der Waals surface area contributed by atoms with Crippen LogP contribution in [0.3, 0.4) is 0 Å². The van der Waals surface area contributed by atoms with Crippen LogP contribution in [0.25, 0.3) is 0 Å². The molecule has 0 amide bonds. The molecule has 1 fully saturated rings. The number of nitrogens with two attached hydrogens (primary N) is 1. The Morgan fingerprint density at radius 3 is 2.54 bits per heavy atom. The summed E-state index contributed by atoms with van der Waals surface area (Å²) in [7, 11) is 3.98. The summed E-state index contributed by atoms with van der Waals surface area (Å²) < 4.78 is 0. The standard InChI is InChI=1S/C10H15N3/c1-13(2)10-4-3-7(6-12-10)8-5-9(8)11/h3-4,6,8-9H,5,11H2,1-2H3. The van der Waals surface area contributed by atoms with Gasteiger partial charge in [-0.3, -0.25) is 0 Å². The molecular weight excluding hydrogens is 162 g/mol. The number of hydrogen-bond acceptors (Lipinski definition) is 3. The van der Waals surface area contributed by atoms with Crippen LogP contribution >= 0.6 is 0 Å². The van der Waals surface area contributed by atoms with Gasteiger partial charge >= 0.3 is 0 Å². The van der Waals surface area contributed by atoms with Gasteiger partial charge in [-0.05, 0) is 18.1 Å². The fourth-order valence-corrected chi connectivity index (χ4v) is 1.48. The number of pyridine rings is 1. The number of anilines is 1. The topological polar surface area (TPSA) is 42.1 Å². The maximum Gasteiger partial charge on any atom is 0.127 e. The third-order valence-electron chi connectivity index (χ3n) is 2.50. The van der Waals surface area contributed by atoms with Crippen LogP contribution < -0.4 is 10.6 Å². The molecule has 2 unspecified atom stereocenters. The SMILES string of the molecule is CN(C)c1ccc(C2CC2N)cn1. The first kappa shape index (κ1) is 8.51. The molecule has 1 aromatic rings. The van der Waals surface area contributed by atoms with Gasteiger partial charge in [-0.2, -0.15) is 0 Å². The normalized spacial score (nSPS) is 25.8. The first-order valence-electron chi connectivity index (χ1n) is 4.57. The Balaban J connectivity index is 2.14. The lowest BCUT2D eigenvalue weighted by atomic mass is 10.2. The summed E-state index contributed by atoms with van der Waals surface area (Å²) in [4.78, 5) is 6.34. The molecule has 0 saturated heterocycles. The van der Waals surface area contributed by atoms with Gasteiger partial charge in [-0.1, -0.05) is 6.07 Å². The molecule has 0 radical (unpaired) electrons. The molecule has 2 atom stereocenters. The van der Waals surface area contributed by atoms with Crippen LogP contribution in [-0.2, 0) is 0 Å². The molecule has 0 aromatic carbocycles. The summed E-state index contributed by atoms with van der Waals surface area (Å²) in [5, 5.41) is 0. The van der Waals surface area contributed by atoms with Crippen LogP contribution in [-0.4, -0.2) is 25.1 Å². The van der Waals surface area contributed by atoms with Crippen molar-refractivity contribution in [1.29, 1.82) is 0 Å². The third-order valence-corrected chi connectivity index (χ3v) is 2.50. The molecule has 2 N–H and O–H groups in total. The van der Waals surface area contributed by atoms with E-state index in [1.165, 1.54) is 5.56 Å². The fourth-order valence-electron chi connectivity index (χ4n) is 1.48. The summed E-state index contributed by atoms with van der Waals surface area (Å²) in [6.07, 6.45) is 3.05. The van der Waals surface area contributed by atoms with Crippen LogP contribution in [0, 0.1) is 0 Å². The van der Waals surface area contributed by atoms with E-state index in [9.17, 15) is 0 Å². The van der Waals surface area contributed by atoms with Gasteiger partial charge in [0.25, 0.3) is 0 Å². The Morgan fingerprint density at radius 2 is 2.15 bits per heavy atom. The van der Waals surface area contributed by atoms with Crippen molar-refractivity contribution in [2.75, 3.05) is 19.0 Å². The van der Waals surface area contributed by atoms with E-state index in [0.717, 1.165) is 12.2 Å². The minimum absolute atomic E-state index is 0.368. The molecule has 0 spiro atoms. The van der Waals surface area contributed by atoms with Crippen LogP contribution in [0.1, 0.15) is 17.9 Å². The maximum absolute atomic E-state index is 5.76. The average molecular weight is 177 g/mol. The molecule has 2 rings (SSSR count). The van der Waals surface area contributed by atoms with Crippen molar-refractivity contribution in [3.63, 3.8) is 0 Å². The molecule has 1 heterocycles. The van der Waals surface area contributed by atoms with Crippen molar-refractivity contribution < 1.29 is 0 Å². The highest BCUT2D eigenvalue weighted by Gasteiger charge is 2.34. The number of nitrogens with zero attached hydrogens (tertiary/aromatic N) is 2. The highest BCUT2D eigenvalue weighted by atomic mass is 15.1. The lowest BCUT2D eigenvalue weighted by Gasteiger charge is -2.10. The number of aromatic nitrogens is 1. The Labute approximate surface area is 78.6 Å². The monoisotopic (exact) mass is 177 g/mol. The molecule has 0 bridgehead atoms. The van der Waals surface area contributed by atoms with Gasteiger partial charge in [0.05, 0.1) is 0 Å². The Morgan fingerprint density at radius 1 is 1.46 bits per heavy atom. The zero-order chi connectivity index (χ0) is 9.42. The summed E-state index contributed by atoms with van der Waals surface area (Å²) in [5.41, 5.74) is 7.03. The lowest BCUT2D eigenvalue weighted by Crippen LogP contribution is -2.10. The zero-order valence-corrected chi connectivity index (χ0v) is 8.07.